The SMILES string of the molecule is COc1cc(OC)c(C(N)C2CC(N)C2)cc1OC. The maximum absolute atomic E-state index is 6.32. The fourth-order valence-corrected chi connectivity index (χ4v) is 2.57. The molecule has 4 N–H and O–H groups in total. The molecule has 0 aliphatic heterocycles. The van der Waals surface area contributed by atoms with Crippen molar-refractivity contribution in [2.75, 3.05) is 21.3 Å². The summed E-state index contributed by atoms with van der Waals surface area (Å²) in [4.78, 5) is 0. The average molecular weight is 266 g/mol. The maximum Gasteiger partial charge on any atom is 0.164 e. The van der Waals surface area contributed by atoms with Crippen LogP contribution in [-0.4, -0.2) is 27.4 Å². The molecule has 1 atom stereocenters. The van der Waals surface area contributed by atoms with E-state index >= 15 is 0 Å². The Labute approximate surface area is 113 Å². The van der Waals surface area contributed by atoms with Crippen LogP contribution < -0.4 is 25.7 Å². The van der Waals surface area contributed by atoms with Gasteiger partial charge in [-0.05, 0) is 24.8 Å². The van der Waals surface area contributed by atoms with Gasteiger partial charge in [-0.2, -0.15) is 0 Å². The molecule has 1 aliphatic carbocycles. The minimum atomic E-state index is -0.0884. The second kappa shape index (κ2) is 5.67. The Balaban J connectivity index is 2.32. The van der Waals surface area contributed by atoms with Crippen LogP contribution in [0.3, 0.4) is 0 Å². The number of rotatable bonds is 5. The second-order valence-electron chi connectivity index (χ2n) is 4.97. The number of benzene rings is 1. The summed E-state index contributed by atoms with van der Waals surface area (Å²) in [7, 11) is 4.84. The lowest BCUT2D eigenvalue weighted by atomic mass is 9.74. The zero-order valence-electron chi connectivity index (χ0n) is 11.7. The Morgan fingerprint density at radius 3 is 2.00 bits per heavy atom. The number of nitrogens with two attached hydrogens (primary N) is 2. The second-order valence-corrected chi connectivity index (χ2v) is 4.97. The molecule has 106 valence electrons. The standard InChI is InChI=1S/C14H22N2O3/c1-17-11-7-13(19-3)12(18-2)6-10(11)14(16)8-4-9(15)5-8/h6-9,14H,4-5,15-16H2,1-3H3. The fraction of sp³-hybridized carbons (Fsp3) is 0.571. The minimum absolute atomic E-state index is 0.0884. The lowest BCUT2D eigenvalue weighted by Crippen LogP contribution is -2.41. The number of hydrogen-bond acceptors (Lipinski definition) is 5. The van der Waals surface area contributed by atoms with Crippen molar-refractivity contribution in [3.63, 3.8) is 0 Å². The number of ether oxygens (including phenoxy) is 3. The Morgan fingerprint density at radius 1 is 1.00 bits per heavy atom. The van der Waals surface area contributed by atoms with E-state index in [4.69, 9.17) is 25.7 Å². The van der Waals surface area contributed by atoms with E-state index in [1.54, 1.807) is 21.3 Å². The molecule has 1 aliphatic rings. The Hall–Kier alpha value is -1.46. The van der Waals surface area contributed by atoms with E-state index in [0.717, 1.165) is 24.2 Å². The largest absolute Gasteiger partial charge is 0.496 e. The summed E-state index contributed by atoms with van der Waals surface area (Å²) in [6, 6.07) is 3.90. The molecule has 2 rings (SSSR count). The normalized spacial score (nSPS) is 23.4. The third-order valence-electron chi connectivity index (χ3n) is 3.81. The molecule has 1 aromatic rings. The summed E-state index contributed by atoms with van der Waals surface area (Å²) in [6.45, 7) is 0. The van der Waals surface area contributed by atoms with Gasteiger partial charge in [-0.1, -0.05) is 0 Å². The highest BCUT2D eigenvalue weighted by atomic mass is 16.5. The van der Waals surface area contributed by atoms with Crippen molar-refractivity contribution in [2.24, 2.45) is 17.4 Å². The van der Waals surface area contributed by atoms with Gasteiger partial charge in [0, 0.05) is 23.7 Å². The van der Waals surface area contributed by atoms with Gasteiger partial charge in [0.2, 0.25) is 0 Å². The van der Waals surface area contributed by atoms with Crippen molar-refractivity contribution in [1.29, 1.82) is 0 Å². The van der Waals surface area contributed by atoms with E-state index in [1.807, 2.05) is 12.1 Å². The van der Waals surface area contributed by atoms with Gasteiger partial charge < -0.3 is 25.7 Å². The number of methoxy groups -OCH3 is 3. The van der Waals surface area contributed by atoms with E-state index in [-0.39, 0.29) is 12.1 Å². The van der Waals surface area contributed by atoms with Crippen LogP contribution in [0.1, 0.15) is 24.4 Å². The molecule has 19 heavy (non-hydrogen) atoms. The first-order valence-electron chi connectivity index (χ1n) is 6.41. The lowest BCUT2D eigenvalue weighted by molar-refractivity contribution is 0.220. The topological polar surface area (TPSA) is 79.7 Å². The molecule has 0 spiro atoms. The zero-order chi connectivity index (χ0) is 14.0. The van der Waals surface area contributed by atoms with E-state index in [0.29, 0.717) is 17.4 Å². The molecule has 0 heterocycles. The van der Waals surface area contributed by atoms with Gasteiger partial charge in [-0.3, -0.25) is 0 Å². The van der Waals surface area contributed by atoms with E-state index < -0.39 is 0 Å². The highest BCUT2D eigenvalue weighted by Crippen LogP contribution is 2.42. The van der Waals surface area contributed by atoms with Crippen LogP contribution in [0.25, 0.3) is 0 Å². The third kappa shape index (κ3) is 2.62. The molecule has 1 saturated carbocycles. The van der Waals surface area contributed by atoms with Crippen LogP contribution in [0.2, 0.25) is 0 Å². The molecule has 1 aromatic carbocycles. The van der Waals surface area contributed by atoms with Gasteiger partial charge in [0.25, 0.3) is 0 Å². The van der Waals surface area contributed by atoms with E-state index in [9.17, 15) is 0 Å². The van der Waals surface area contributed by atoms with Crippen molar-refractivity contribution in [1.82, 2.24) is 0 Å². The first-order valence-corrected chi connectivity index (χ1v) is 6.41. The average Bonchev–Trinajstić information content (AvgIpc) is 2.41. The van der Waals surface area contributed by atoms with Gasteiger partial charge in [0.15, 0.2) is 11.5 Å². The molecule has 0 amide bonds. The molecule has 0 bridgehead atoms. The summed E-state index contributed by atoms with van der Waals surface area (Å²) in [5.41, 5.74) is 13.1. The molecule has 1 fully saturated rings. The first-order chi connectivity index (χ1) is 9.10. The van der Waals surface area contributed by atoms with Crippen LogP contribution in [0.5, 0.6) is 17.2 Å². The first kappa shape index (κ1) is 14.0. The lowest BCUT2D eigenvalue weighted by Gasteiger charge is -2.37. The summed E-state index contributed by atoms with van der Waals surface area (Å²) in [5, 5.41) is 0. The van der Waals surface area contributed by atoms with Crippen molar-refractivity contribution in [2.45, 2.75) is 24.9 Å². The third-order valence-corrected chi connectivity index (χ3v) is 3.81. The predicted octanol–water partition coefficient (Wildman–Crippen LogP) is 1.45. The van der Waals surface area contributed by atoms with Gasteiger partial charge >= 0.3 is 0 Å². The van der Waals surface area contributed by atoms with Crippen LogP contribution in [-0.2, 0) is 0 Å². The van der Waals surface area contributed by atoms with Gasteiger partial charge in [-0.25, -0.2) is 0 Å². The van der Waals surface area contributed by atoms with E-state index in [2.05, 4.69) is 0 Å². The van der Waals surface area contributed by atoms with Gasteiger partial charge in [0.05, 0.1) is 21.3 Å². The monoisotopic (exact) mass is 266 g/mol. The summed E-state index contributed by atoms with van der Waals surface area (Å²) >= 11 is 0. The van der Waals surface area contributed by atoms with Gasteiger partial charge in [0.1, 0.15) is 5.75 Å². The summed E-state index contributed by atoms with van der Waals surface area (Å²) < 4.78 is 16.0. The molecule has 5 nitrogen and oxygen atoms in total. The molecule has 0 saturated heterocycles. The number of hydrogen-bond donors (Lipinski definition) is 2. The molecule has 5 heteroatoms. The summed E-state index contributed by atoms with van der Waals surface area (Å²) in [5.74, 6) is 2.44. The smallest absolute Gasteiger partial charge is 0.164 e. The van der Waals surface area contributed by atoms with Gasteiger partial charge in [-0.15, -0.1) is 0 Å². The zero-order valence-corrected chi connectivity index (χ0v) is 11.7. The maximum atomic E-state index is 6.32. The molecule has 1 unspecified atom stereocenters. The molecule has 0 radical (unpaired) electrons. The van der Waals surface area contributed by atoms with Crippen molar-refractivity contribution in [3.8, 4) is 17.2 Å². The Kier molecular flexibility index (Phi) is 4.17. The van der Waals surface area contributed by atoms with Crippen LogP contribution >= 0.6 is 0 Å². The van der Waals surface area contributed by atoms with Crippen LogP contribution in [0, 0.1) is 5.92 Å². The predicted molar refractivity (Wildman–Crippen MR) is 73.7 cm³/mol. The van der Waals surface area contributed by atoms with Crippen molar-refractivity contribution >= 4 is 0 Å². The fourth-order valence-electron chi connectivity index (χ4n) is 2.57. The summed E-state index contributed by atoms with van der Waals surface area (Å²) in [6.07, 6.45) is 1.91. The minimum Gasteiger partial charge on any atom is -0.496 e. The van der Waals surface area contributed by atoms with Crippen LogP contribution in [0.15, 0.2) is 12.1 Å². The molecule has 0 aromatic heterocycles. The Morgan fingerprint density at radius 2 is 1.53 bits per heavy atom. The van der Waals surface area contributed by atoms with Crippen LogP contribution in [0.4, 0.5) is 0 Å². The van der Waals surface area contributed by atoms with Crippen molar-refractivity contribution < 1.29 is 14.2 Å². The quantitative estimate of drug-likeness (QED) is 0.843. The molecular formula is C14H22N2O3. The highest BCUT2D eigenvalue weighted by molar-refractivity contribution is 5.52. The molecular weight excluding hydrogens is 244 g/mol. The Bertz CT molecular complexity index is 445. The van der Waals surface area contributed by atoms with E-state index in [1.165, 1.54) is 0 Å². The van der Waals surface area contributed by atoms with Crippen molar-refractivity contribution in [3.05, 3.63) is 17.7 Å². The highest BCUT2D eigenvalue weighted by Gasteiger charge is 2.33.